The van der Waals surface area contributed by atoms with Crippen molar-refractivity contribution in [1.82, 2.24) is 4.90 Å². The molecule has 3 rings (SSSR count). The topological polar surface area (TPSA) is 66.8 Å². The van der Waals surface area contributed by atoms with Gasteiger partial charge >= 0.3 is 5.97 Å². The Morgan fingerprint density at radius 2 is 2.17 bits per heavy atom. The van der Waals surface area contributed by atoms with E-state index in [9.17, 15) is 14.7 Å². The molecular weight excluding hydrogens is 234 g/mol. The molecule has 0 radical (unpaired) electrons. The van der Waals surface area contributed by atoms with Gasteiger partial charge in [-0.25, -0.2) is 0 Å². The molecule has 1 N–H and O–H groups in total. The Hall–Kier alpha value is -2.04. The molecule has 0 aromatic heterocycles. The highest BCUT2D eigenvalue weighted by atomic mass is 16.5. The first kappa shape index (κ1) is 11.1. The number of carbonyl (C=O) groups is 2. The van der Waals surface area contributed by atoms with E-state index in [1.165, 1.54) is 4.90 Å². The minimum Gasteiger partial charge on any atom is -0.481 e. The van der Waals surface area contributed by atoms with Gasteiger partial charge in [-0.2, -0.15) is 0 Å². The fourth-order valence-corrected chi connectivity index (χ4v) is 2.80. The summed E-state index contributed by atoms with van der Waals surface area (Å²) in [6.45, 7) is 0. The van der Waals surface area contributed by atoms with E-state index in [1.54, 1.807) is 7.05 Å². The molecule has 0 unspecified atom stereocenters. The quantitative estimate of drug-likeness (QED) is 0.753. The number of rotatable bonds is 1. The maximum atomic E-state index is 12.1. The van der Waals surface area contributed by atoms with Gasteiger partial charge in [-0.1, -0.05) is 18.2 Å². The molecule has 2 bridgehead atoms. The fourth-order valence-electron chi connectivity index (χ4n) is 2.80. The van der Waals surface area contributed by atoms with E-state index in [0.29, 0.717) is 12.2 Å². The number of aliphatic carboxylic acids is 1. The molecule has 2 aliphatic rings. The van der Waals surface area contributed by atoms with Crippen molar-refractivity contribution in [3.63, 3.8) is 0 Å². The van der Waals surface area contributed by atoms with E-state index in [1.807, 2.05) is 24.3 Å². The Kier molecular flexibility index (Phi) is 2.29. The van der Waals surface area contributed by atoms with Gasteiger partial charge in [-0.3, -0.25) is 9.59 Å². The maximum absolute atomic E-state index is 12.1. The number of carboxylic acids is 1. The van der Waals surface area contributed by atoms with Crippen molar-refractivity contribution in [2.24, 2.45) is 5.92 Å². The lowest BCUT2D eigenvalue weighted by Crippen LogP contribution is -2.55. The fraction of sp³-hybridized carbons (Fsp3) is 0.385. The third-order valence-electron chi connectivity index (χ3n) is 3.75. The normalized spacial score (nSPS) is 29.5. The van der Waals surface area contributed by atoms with Crippen LogP contribution in [0.3, 0.4) is 0 Å². The molecule has 1 amide bonds. The van der Waals surface area contributed by atoms with Crippen LogP contribution in [0.5, 0.6) is 5.75 Å². The van der Waals surface area contributed by atoms with Crippen molar-refractivity contribution in [1.29, 1.82) is 0 Å². The first-order chi connectivity index (χ1) is 8.59. The molecule has 0 spiro atoms. The van der Waals surface area contributed by atoms with Crippen LogP contribution in [0.25, 0.3) is 0 Å². The van der Waals surface area contributed by atoms with Gasteiger partial charge in [0.15, 0.2) is 6.23 Å². The van der Waals surface area contributed by atoms with Gasteiger partial charge < -0.3 is 14.7 Å². The summed E-state index contributed by atoms with van der Waals surface area (Å²) in [4.78, 5) is 24.8. The molecule has 0 saturated carbocycles. The summed E-state index contributed by atoms with van der Waals surface area (Å²) in [6.07, 6.45) is 0.184. The molecule has 2 aliphatic heterocycles. The average molecular weight is 247 g/mol. The van der Waals surface area contributed by atoms with Crippen molar-refractivity contribution in [3.05, 3.63) is 29.8 Å². The number of hydrogen-bond donors (Lipinski definition) is 1. The standard InChI is InChI=1S/C13H13NO4/c1-14-10-6-8(11(12(14)15)13(16)17)7-4-2-3-5-9(7)18-10/h2-5,8,10-11H,6H2,1H3,(H,16,17)/t8-,10+,11+/m1/s1. The number of carbonyl (C=O) groups excluding carboxylic acids is 1. The lowest BCUT2D eigenvalue weighted by molar-refractivity contribution is -0.163. The van der Waals surface area contributed by atoms with Crippen LogP contribution in [0.2, 0.25) is 0 Å². The third kappa shape index (κ3) is 1.40. The molecule has 1 aromatic rings. The minimum atomic E-state index is -1.06. The van der Waals surface area contributed by atoms with Crippen LogP contribution in [0.15, 0.2) is 24.3 Å². The number of para-hydroxylation sites is 1. The largest absolute Gasteiger partial charge is 0.481 e. The summed E-state index contributed by atoms with van der Waals surface area (Å²) >= 11 is 0. The zero-order valence-electron chi connectivity index (χ0n) is 9.87. The highest BCUT2D eigenvalue weighted by Gasteiger charge is 2.49. The summed E-state index contributed by atoms with van der Waals surface area (Å²) in [6, 6.07) is 7.34. The van der Waals surface area contributed by atoms with Gasteiger partial charge in [0.2, 0.25) is 5.91 Å². The zero-order chi connectivity index (χ0) is 12.9. The molecule has 94 valence electrons. The number of likely N-dealkylation sites (tertiary alicyclic amines) is 1. The summed E-state index contributed by atoms with van der Waals surface area (Å²) in [7, 11) is 1.59. The lowest BCUT2D eigenvalue weighted by Gasteiger charge is -2.44. The van der Waals surface area contributed by atoms with Crippen molar-refractivity contribution in [3.8, 4) is 5.75 Å². The van der Waals surface area contributed by atoms with Crippen molar-refractivity contribution in [2.45, 2.75) is 18.6 Å². The Bertz CT molecular complexity index is 527. The lowest BCUT2D eigenvalue weighted by atomic mass is 9.77. The van der Waals surface area contributed by atoms with E-state index in [0.717, 1.165) is 5.56 Å². The predicted octanol–water partition coefficient (Wildman–Crippen LogP) is 1.05. The molecule has 18 heavy (non-hydrogen) atoms. The minimum absolute atomic E-state index is 0.291. The van der Waals surface area contributed by atoms with Crippen molar-refractivity contribution in [2.75, 3.05) is 7.05 Å². The number of nitrogens with zero attached hydrogens (tertiary/aromatic N) is 1. The predicted molar refractivity (Wildman–Crippen MR) is 62.1 cm³/mol. The second-order valence-electron chi connectivity index (χ2n) is 4.72. The summed E-state index contributed by atoms with van der Waals surface area (Å²) in [5, 5.41) is 9.28. The van der Waals surface area contributed by atoms with Gasteiger partial charge in [0.05, 0.1) is 0 Å². The number of amides is 1. The molecular formula is C13H13NO4. The molecule has 1 fully saturated rings. The van der Waals surface area contributed by atoms with Crippen LogP contribution in [0.4, 0.5) is 0 Å². The number of hydrogen-bond acceptors (Lipinski definition) is 3. The van der Waals surface area contributed by atoms with Crippen LogP contribution < -0.4 is 4.74 Å². The Morgan fingerprint density at radius 3 is 2.89 bits per heavy atom. The van der Waals surface area contributed by atoms with E-state index in [-0.39, 0.29) is 18.1 Å². The van der Waals surface area contributed by atoms with E-state index < -0.39 is 11.9 Å². The van der Waals surface area contributed by atoms with Crippen LogP contribution >= 0.6 is 0 Å². The highest BCUT2D eigenvalue weighted by molar-refractivity contribution is 5.99. The average Bonchev–Trinajstić information content (AvgIpc) is 2.36. The number of fused-ring (bicyclic) bond motifs is 4. The van der Waals surface area contributed by atoms with Crippen LogP contribution in [0.1, 0.15) is 17.9 Å². The SMILES string of the molecule is CN1C(=O)[C@@H](C(=O)O)[C@@H]2C[C@@H]1Oc1ccccc12. The number of benzene rings is 1. The van der Waals surface area contributed by atoms with Gasteiger partial charge in [-0.05, 0) is 11.6 Å². The highest BCUT2D eigenvalue weighted by Crippen LogP contribution is 2.45. The van der Waals surface area contributed by atoms with E-state index in [4.69, 9.17) is 4.74 Å². The Morgan fingerprint density at radius 1 is 1.44 bits per heavy atom. The molecule has 1 saturated heterocycles. The van der Waals surface area contributed by atoms with Crippen LogP contribution in [0, 0.1) is 5.92 Å². The van der Waals surface area contributed by atoms with E-state index in [2.05, 4.69) is 0 Å². The van der Waals surface area contributed by atoms with Gasteiger partial charge in [0.25, 0.3) is 0 Å². The number of carboxylic acid groups (broad SMARTS) is 1. The Labute approximate surface area is 104 Å². The molecule has 2 heterocycles. The first-order valence-corrected chi connectivity index (χ1v) is 5.84. The summed E-state index contributed by atoms with van der Waals surface area (Å²) in [5.41, 5.74) is 0.822. The first-order valence-electron chi connectivity index (χ1n) is 5.84. The van der Waals surface area contributed by atoms with Crippen molar-refractivity contribution < 1.29 is 19.4 Å². The van der Waals surface area contributed by atoms with E-state index >= 15 is 0 Å². The second kappa shape index (κ2) is 3.73. The van der Waals surface area contributed by atoms with Gasteiger partial charge in [0.1, 0.15) is 11.7 Å². The summed E-state index contributed by atoms with van der Waals surface area (Å²) in [5.74, 6) is -2.05. The second-order valence-corrected chi connectivity index (χ2v) is 4.72. The Balaban J connectivity index is 2.12. The number of ether oxygens (including phenoxy) is 1. The third-order valence-corrected chi connectivity index (χ3v) is 3.75. The monoisotopic (exact) mass is 247 g/mol. The van der Waals surface area contributed by atoms with Crippen LogP contribution in [-0.2, 0) is 9.59 Å². The maximum Gasteiger partial charge on any atom is 0.316 e. The zero-order valence-corrected chi connectivity index (χ0v) is 9.87. The van der Waals surface area contributed by atoms with Gasteiger partial charge in [0, 0.05) is 19.4 Å². The smallest absolute Gasteiger partial charge is 0.316 e. The molecule has 1 aromatic carbocycles. The van der Waals surface area contributed by atoms with Crippen molar-refractivity contribution >= 4 is 11.9 Å². The van der Waals surface area contributed by atoms with Crippen LogP contribution in [-0.4, -0.2) is 35.2 Å². The molecule has 5 heteroatoms. The number of piperidine rings is 1. The molecule has 0 aliphatic carbocycles. The summed E-state index contributed by atoms with van der Waals surface area (Å²) < 4.78 is 5.73. The van der Waals surface area contributed by atoms with Gasteiger partial charge in [-0.15, -0.1) is 0 Å². The molecule has 5 nitrogen and oxygen atoms in total. The molecule has 3 atom stereocenters.